The number of rotatable bonds is 5. The largest absolute Gasteiger partial charge is 0.512 e. The van der Waals surface area contributed by atoms with E-state index in [4.69, 9.17) is 4.74 Å². The van der Waals surface area contributed by atoms with Crippen LogP contribution in [0.4, 0.5) is 0 Å². The van der Waals surface area contributed by atoms with Crippen LogP contribution >= 0.6 is 0 Å². The Balaban J connectivity index is 2.08. The number of phenols is 2. The molecule has 0 heterocycles. The maximum Gasteiger partial charge on any atom is 0.201 e. The van der Waals surface area contributed by atoms with Gasteiger partial charge in [-0.25, -0.2) is 0 Å². The minimum Gasteiger partial charge on any atom is -0.512 e. The molecule has 0 aromatic heterocycles. The first-order chi connectivity index (χ1) is 19.7. The Morgan fingerprint density at radius 1 is 0.786 bits per heavy atom. The van der Waals surface area contributed by atoms with Crippen LogP contribution in [0.5, 0.6) is 11.5 Å². The van der Waals surface area contributed by atoms with Crippen molar-refractivity contribution in [3.05, 3.63) is 76.5 Å². The summed E-state index contributed by atoms with van der Waals surface area (Å²) in [5, 5.41) is 73.3. The number of hydrogen-bond donors (Lipinski definition) is 7. The summed E-state index contributed by atoms with van der Waals surface area (Å²) in [6.07, 6.45) is -5.71. The number of hydrogen-bond acceptors (Lipinski definition) is 11. The second kappa shape index (κ2) is 10.1. The summed E-state index contributed by atoms with van der Waals surface area (Å²) >= 11 is 0. The SMILES string of the molecule is COCC(O)C(O)C(O)C(O)=c1c(C)cc2c(c1=O)c(=O)c1c(O)cc(C)c3c4ccc(=C(C)O)c(=O)c4c(O)c2c13. The van der Waals surface area contributed by atoms with Crippen molar-refractivity contribution in [1.82, 2.24) is 0 Å². The predicted octanol–water partition coefficient (Wildman–Crippen LogP) is 0.365. The van der Waals surface area contributed by atoms with Gasteiger partial charge in [0.05, 0.1) is 33.2 Å². The first-order valence-corrected chi connectivity index (χ1v) is 12.9. The van der Waals surface area contributed by atoms with E-state index in [2.05, 4.69) is 0 Å². The highest BCUT2D eigenvalue weighted by Crippen LogP contribution is 2.45. The van der Waals surface area contributed by atoms with Crippen molar-refractivity contribution in [2.45, 2.75) is 39.1 Å². The van der Waals surface area contributed by atoms with Gasteiger partial charge in [0, 0.05) is 23.3 Å². The Morgan fingerprint density at radius 3 is 2.07 bits per heavy atom. The van der Waals surface area contributed by atoms with Gasteiger partial charge in [0.15, 0.2) is 0 Å². The molecule has 0 radical (unpaired) electrons. The molecular weight excluding hydrogens is 548 g/mol. The van der Waals surface area contributed by atoms with E-state index in [0.29, 0.717) is 10.9 Å². The van der Waals surface area contributed by atoms with E-state index in [1.54, 1.807) is 6.92 Å². The molecule has 5 aromatic carbocycles. The fraction of sp³-hybridized carbons (Fsp3) is 0.258. The van der Waals surface area contributed by atoms with Crippen molar-refractivity contribution in [3.63, 3.8) is 0 Å². The van der Waals surface area contributed by atoms with E-state index in [9.17, 15) is 50.1 Å². The Morgan fingerprint density at radius 2 is 1.45 bits per heavy atom. The van der Waals surface area contributed by atoms with Gasteiger partial charge in [0.25, 0.3) is 0 Å². The monoisotopic (exact) mass is 576 g/mol. The normalized spacial score (nSPS) is 15.9. The summed E-state index contributed by atoms with van der Waals surface area (Å²) < 4.78 is 4.74. The standard InChI is InChI=1S/C31H28O11/c1-10-7-15-20-24-18(14-6-5-13(12(3)32)25(35)21(14)28(20)38)11(2)8-16(33)23(24)29(39)22(15)27(37)19(10)30(40)31(41)26(36)17(34)9-42-4/h5-8,17,26,31-34,36,38,40-41H,9H2,1-4H3. The van der Waals surface area contributed by atoms with Crippen LogP contribution in [0.1, 0.15) is 18.1 Å². The van der Waals surface area contributed by atoms with E-state index < -0.39 is 62.5 Å². The van der Waals surface area contributed by atoms with Crippen molar-refractivity contribution in [2.24, 2.45) is 0 Å². The third-order valence-corrected chi connectivity index (χ3v) is 7.84. The average Bonchev–Trinajstić information content (AvgIpc) is 2.91. The van der Waals surface area contributed by atoms with Gasteiger partial charge in [-0.05, 0) is 60.9 Å². The van der Waals surface area contributed by atoms with Crippen LogP contribution in [-0.4, -0.2) is 67.8 Å². The lowest BCUT2D eigenvalue weighted by atomic mass is 9.86. The number of methoxy groups -OCH3 is 1. The summed E-state index contributed by atoms with van der Waals surface area (Å²) in [7, 11) is 1.24. The number of benzene rings is 5. The molecule has 11 nitrogen and oxygen atoms in total. The molecule has 5 aromatic rings. The van der Waals surface area contributed by atoms with Crippen LogP contribution in [-0.2, 0) is 4.74 Å². The lowest BCUT2D eigenvalue weighted by Gasteiger charge is -2.22. The molecule has 7 N–H and O–H groups in total. The molecule has 0 amide bonds. The molecule has 5 rings (SSSR count). The third kappa shape index (κ3) is 3.93. The van der Waals surface area contributed by atoms with E-state index in [0.717, 1.165) is 0 Å². The van der Waals surface area contributed by atoms with Crippen molar-refractivity contribution >= 4 is 54.6 Å². The molecule has 0 aliphatic rings. The molecule has 0 spiro atoms. The number of ether oxygens (including phenoxy) is 1. The highest BCUT2D eigenvalue weighted by atomic mass is 16.5. The van der Waals surface area contributed by atoms with Gasteiger partial charge in [0.1, 0.15) is 41.3 Å². The molecule has 11 heteroatoms. The zero-order valence-electron chi connectivity index (χ0n) is 23.0. The van der Waals surface area contributed by atoms with E-state index in [1.807, 2.05) is 0 Å². The topological polar surface area (TPSA) is 202 Å². The highest BCUT2D eigenvalue weighted by Gasteiger charge is 2.30. The number of aryl methyl sites for hydroxylation is 2. The lowest BCUT2D eigenvalue weighted by molar-refractivity contribution is -0.0707. The van der Waals surface area contributed by atoms with Crippen molar-refractivity contribution in [3.8, 4) is 11.5 Å². The molecule has 0 bridgehead atoms. The van der Waals surface area contributed by atoms with E-state index >= 15 is 0 Å². The Kier molecular flexibility index (Phi) is 6.94. The Bertz CT molecular complexity index is 2240. The van der Waals surface area contributed by atoms with E-state index in [1.165, 1.54) is 45.2 Å². The molecule has 218 valence electrons. The van der Waals surface area contributed by atoms with Gasteiger partial charge in [-0.2, -0.15) is 0 Å². The molecule has 0 aliphatic carbocycles. The van der Waals surface area contributed by atoms with Crippen molar-refractivity contribution < 1.29 is 40.5 Å². The van der Waals surface area contributed by atoms with Crippen LogP contribution in [0.2, 0.25) is 0 Å². The lowest BCUT2D eigenvalue weighted by Crippen LogP contribution is -2.44. The van der Waals surface area contributed by atoms with Crippen LogP contribution in [0.3, 0.4) is 0 Å². The minimum atomic E-state index is -2.14. The van der Waals surface area contributed by atoms with Crippen LogP contribution in [0, 0.1) is 13.8 Å². The molecular formula is C31H28O11. The summed E-state index contributed by atoms with van der Waals surface area (Å²) in [6.45, 7) is 3.96. The average molecular weight is 577 g/mol. The first-order valence-electron chi connectivity index (χ1n) is 12.9. The molecule has 0 aliphatic heterocycles. The van der Waals surface area contributed by atoms with Gasteiger partial charge in [-0.1, -0.05) is 6.07 Å². The number of aromatic hydroxyl groups is 2. The van der Waals surface area contributed by atoms with E-state index in [-0.39, 0.29) is 55.5 Å². The van der Waals surface area contributed by atoms with Crippen LogP contribution < -0.4 is 26.7 Å². The number of aliphatic hydroxyl groups is 5. The zero-order chi connectivity index (χ0) is 30.9. The smallest absolute Gasteiger partial charge is 0.201 e. The van der Waals surface area contributed by atoms with Gasteiger partial charge in [-0.15, -0.1) is 0 Å². The number of aliphatic hydroxyl groups excluding tert-OH is 5. The Labute approximate surface area is 236 Å². The second-order valence-electron chi connectivity index (χ2n) is 10.5. The Hall–Kier alpha value is -4.55. The van der Waals surface area contributed by atoms with Gasteiger partial charge < -0.3 is 40.5 Å². The van der Waals surface area contributed by atoms with Gasteiger partial charge in [-0.3, -0.25) is 14.4 Å². The van der Waals surface area contributed by atoms with Gasteiger partial charge in [0.2, 0.25) is 16.3 Å². The third-order valence-electron chi connectivity index (χ3n) is 7.84. The highest BCUT2D eigenvalue weighted by molar-refractivity contribution is 6.32. The maximum absolute atomic E-state index is 13.9. The van der Waals surface area contributed by atoms with Crippen molar-refractivity contribution in [1.29, 1.82) is 0 Å². The first kappa shape index (κ1) is 29.0. The quantitative estimate of drug-likeness (QED) is 0.113. The molecule has 3 atom stereocenters. The second-order valence-corrected chi connectivity index (χ2v) is 10.5. The fourth-order valence-electron chi connectivity index (χ4n) is 5.89. The molecule has 3 unspecified atom stereocenters. The number of phenolic OH excluding ortho intramolecular Hbond substituents is 2. The maximum atomic E-state index is 13.9. The fourth-order valence-corrected chi connectivity index (χ4v) is 5.89. The molecule has 0 fully saturated rings. The summed E-state index contributed by atoms with van der Waals surface area (Å²) in [4.78, 5) is 41.2. The molecule has 0 saturated heterocycles. The summed E-state index contributed by atoms with van der Waals surface area (Å²) in [5.74, 6) is -2.35. The molecule has 42 heavy (non-hydrogen) atoms. The minimum absolute atomic E-state index is 0.0418. The van der Waals surface area contributed by atoms with Gasteiger partial charge >= 0.3 is 0 Å². The van der Waals surface area contributed by atoms with Crippen LogP contribution in [0.25, 0.3) is 54.6 Å². The van der Waals surface area contributed by atoms with Crippen molar-refractivity contribution in [2.75, 3.05) is 13.7 Å². The molecule has 0 saturated carbocycles. The van der Waals surface area contributed by atoms with Crippen LogP contribution in [0.15, 0.2) is 38.6 Å². The zero-order valence-corrected chi connectivity index (χ0v) is 23.0. The number of fused-ring (bicyclic) bond motifs is 4. The summed E-state index contributed by atoms with van der Waals surface area (Å²) in [6, 6.07) is 5.51. The predicted molar refractivity (Wildman–Crippen MR) is 157 cm³/mol. The summed E-state index contributed by atoms with van der Waals surface area (Å²) in [5.41, 5.74) is -2.18.